The van der Waals surface area contributed by atoms with E-state index in [1.807, 2.05) is 0 Å². The Morgan fingerprint density at radius 3 is 3.00 bits per heavy atom. The van der Waals surface area contributed by atoms with Crippen molar-refractivity contribution >= 4 is 21.7 Å². The maximum atomic E-state index is 10.9. The molecule has 1 aromatic rings. The van der Waals surface area contributed by atoms with E-state index >= 15 is 0 Å². The van der Waals surface area contributed by atoms with E-state index in [0.717, 1.165) is 0 Å². The maximum Gasteiger partial charge on any atom is 0.203 e. The van der Waals surface area contributed by atoms with Gasteiger partial charge in [-0.2, -0.15) is 5.26 Å². The number of Topliss-reactive ketones (excluding diaryl/α,β-unsaturated/α-hetero) is 1. The van der Waals surface area contributed by atoms with E-state index < -0.39 is 0 Å². The molecular weight excluding hydrogens is 210 g/mol. The Bertz CT molecular complexity index is 310. The van der Waals surface area contributed by atoms with Crippen LogP contribution in [0, 0.1) is 11.3 Å². The van der Waals surface area contributed by atoms with E-state index in [9.17, 15) is 4.79 Å². The number of alkyl halides is 1. The molecule has 0 unspecified atom stereocenters. The van der Waals surface area contributed by atoms with Gasteiger partial charge in [0.2, 0.25) is 5.76 Å². The molecule has 0 radical (unpaired) electrons. The predicted molar refractivity (Wildman–Crippen MR) is 41.5 cm³/mol. The molecule has 0 saturated carbocycles. The summed E-state index contributed by atoms with van der Waals surface area (Å²) in [5, 5.41) is 8.59. The lowest BCUT2D eigenvalue weighted by Gasteiger charge is -1.84. The Balaban J connectivity index is 2.91. The smallest absolute Gasteiger partial charge is 0.203 e. The minimum absolute atomic E-state index is 0.0877. The first kappa shape index (κ1) is 8.02. The number of ketones is 1. The van der Waals surface area contributed by atoms with Gasteiger partial charge in [-0.15, -0.1) is 0 Å². The summed E-state index contributed by atoms with van der Waals surface area (Å²) in [6.45, 7) is 0. The lowest BCUT2D eigenvalue weighted by molar-refractivity contribution is 0.102. The summed E-state index contributed by atoms with van der Waals surface area (Å²) in [6, 6.07) is 3.21. The highest BCUT2D eigenvalue weighted by Crippen LogP contribution is 2.07. The SMILES string of the molecule is N#Cc1cc(C(=O)CBr)co1. The van der Waals surface area contributed by atoms with E-state index in [2.05, 4.69) is 15.9 Å². The largest absolute Gasteiger partial charge is 0.453 e. The molecule has 0 spiro atoms. The van der Waals surface area contributed by atoms with Gasteiger partial charge in [-0.25, -0.2) is 0 Å². The summed E-state index contributed by atoms with van der Waals surface area (Å²) in [6.07, 6.45) is 1.28. The highest BCUT2D eigenvalue weighted by Gasteiger charge is 2.07. The second kappa shape index (κ2) is 3.35. The molecule has 0 aliphatic heterocycles. The zero-order chi connectivity index (χ0) is 8.27. The summed E-state index contributed by atoms with van der Waals surface area (Å²) >= 11 is 3.01. The van der Waals surface area contributed by atoms with Crippen LogP contribution < -0.4 is 0 Å². The molecule has 3 nitrogen and oxygen atoms in total. The first-order chi connectivity index (χ1) is 5.27. The summed E-state index contributed by atoms with van der Waals surface area (Å²) in [7, 11) is 0. The van der Waals surface area contributed by atoms with E-state index in [1.54, 1.807) is 6.07 Å². The number of hydrogen-bond acceptors (Lipinski definition) is 3. The molecule has 0 bridgehead atoms. The fourth-order valence-electron chi connectivity index (χ4n) is 0.618. The molecule has 0 saturated heterocycles. The van der Waals surface area contributed by atoms with Crippen LogP contribution in [0.1, 0.15) is 16.1 Å². The van der Waals surface area contributed by atoms with Crippen LogP contribution in [0.5, 0.6) is 0 Å². The average Bonchev–Trinajstić information content (AvgIpc) is 2.50. The summed E-state index contributed by atoms with van der Waals surface area (Å²) in [4.78, 5) is 10.9. The second-order valence-corrected chi connectivity index (χ2v) is 2.43. The number of nitriles is 1. The number of carbonyl (C=O) groups excluding carboxylic acids is 1. The van der Waals surface area contributed by atoms with Crippen molar-refractivity contribution in [3.8, 4) is 6.07 Å². The first-order valence-electron chi connectivity index (χ1n) is 2.85. The van der Waals surface area contributed by atoms with Crippen LogP contribution in [-0.4, -0.2) is 11.1 Å². The van der Waals surface area contributed by atoms with Crippen LogP contribution in [0.25, 0.3) is 0 Å². The summed E-state index contributed by atoms with van der Waals surface area (Å²) in [5.74, 6) is 0.0737. The van der Waals surface area contributed by atoms with Gasteiger partial charge in [-0.05, 0) is 0 Å². The molecule has 0 aromatic carbocycles. The second-order valence-electron chi connectivity index (χ2n) is 1.87. The zero-order valence-electron chi connectivity index (χ0n) is 5.50. The number of rotatable bonds is 2. The topological polar surface area (TPSA) is 54.0 Å². The van der Waals surface area contributed by atoms with Crippen LogP contribution in [-0.2, 0) is 0 Å². The Hall–Kier alpha value is -1.08. The van der Waals surface area contributed by atoms with Gasteiger partial charge in [0, 0.05) is 6.07 Å². The Morgan fingerprint density at radius 2 is 2.55 bits per heavy atom. The van der Waals surface area contributed by atoms with Crippen LogP contribution in [0.2, 0.25) is 0 Å². The molecule has 56 valence electrons. The summed E-state index contributed by atoms with van der Waals surface area (Å²) in [5.41, 5.74) is 0.429. The standard InChI is InChI=1S/C7H4BrNO2/c8-2-7(10)5-1-6(3-9)11-4-5/h1,4H,2H2. The van der Waals surface area contributed by atoms with E-state index in [4.69, 9.17) is 9.68 Å². The molecule has 0 amide bonds. The number of hydrogen-bond donors (Lipinski definition) is 0. The van der Waals surface area contributed by atoms with Gasteiger partial charge in [0.1, 0.15) is 12.3 Å². The average molecular weight is 214 g/mol. The van der Waals surface area contributed by atoms with Crippen molar-refractivity contribution in [3.05, 3.63) is 23.7 Å². The monoisotopic (exact) mass is 213 g/mol. The van der Waals surface area contributed by atoms with Gasteiger partial charge < -0.3 is 4.42 Å². The number of nitrogens with zero attached hydrogens (tertiary/aromatic N) is 1. The van der Waals surface area contributed by atoms with Crippen molar-refractivity contribution in [3.63, 3.8) is 0 Å². The number of carbonyl (C=O) groups is 1. The van der Waals surface area contributed by atoms with Gasteiger partial charge in [-0.3, -0.25) is 4.79 Å². The minimum atomic E-state index is -0.0877. The fourth-order valence-corrected chi connectivity index (χ4v) is 0.942. The third kappa shape index (κ3) is 1.69. The van der Waals surface area contributed by atoms with E-state index in [1.165, 1.54) is 12.3 Å². The van der Waals surface area contributed by atoms with Gasteiger partial charge in [-0.1, -0.05) is 15.9 Å². The van der Waals surface area contributed by atoms with Crippen molar-refractivity contribution in [1.82, 2.24) is 0 Å². The van der Waals surface area contributed by atoms with Gasteiger partial charge in [0.05, 0.1) is 10.9 Å². The fraction of sp³-hybridized carbons (Fsp3) is 0.143. The molecule has 0 N–H and O–H groups in total. The molecular formula is C7H4BrNO2. The minimum Gasteiger partial charge on any atom is -0.453 e. The van der Waals surface area contributed by atoms with E-state index in [0.29, 0.717) is 5.56 Å². The molecule has 0 atom stereocenters. The molecule has 11 heavy (non-hydrogen) atoms. The Kier molecular flexibility index (Phi) is 2.44. The molecule has 0 fully saturated rings. The molecule has 1 aromatic heterocycles. The highest BCUT2D eigenvalue weighted by molar-refractivity contribution is 9.09. The lowest BCUT2D eigenvalue weighted by Crippen LogP contribution is -1.96. The van der Waals surface area contributed by atoms with Gasteiger partial charge in [0.25, 0.3) is 0 Å². The number of halogens is 1. The Labute approximate surface area is 71.7 Å². The van der Waals surface area contributed by atoms with Crippen molar-refractivity contribution < 1.29 is 9.21 Å². The third-order valence-electron chi connectivity index (χ3n) is 1.15. The molecule has 0 aliphatic carbocycles. The van der Waals surface area contributed by atoms with Crippen molar-refractivity contribution in [2.45, 2.75) is 0 Å². The number of furan rings is 1. The maximum absolute atomic E-state index is 10.9. The van der Waals surface area contributed by atoms with Gasteiger partial charge >= 0.3 is 0 Å². The van der Waals surface area contributed by atoms with Crippen LogP contribution in [0.15, 0.2) is 16.7 Å². The summed E-state index contributed by atoms with van der Waals surface area (Å²) < 4.78 is 4.73. The first-order valence-corrected chi connectivity index (χ1v) is 3.98. The zero-order valence-corrected chi connectivity index (χ0v) is 7.09. The van der Waals surface area contributed by atoms with Crippen LogP contribution >= 0.6 is 15.9 Å². The molecule has 1 rings (SSSR count). The third-order valence-corrected chi connectivity index (χ3v) is 1.66. The lowest BCUT2D eigenvalue weighted by atomic mass is 10.2. The predicted octanol–water partition coefficient (Wildman–Crippen LogP) is 1.73. The quantitative estimate of drug-likeness (QED) is 0.556. The van der Waals surface area contributed by atoms with Gasteiger partial charge in [0.15, 0.2) is 5.78 Å². The Morgan fingerprint density at radius 1 is 1.82 bits per heavy atom. The van der Waals surface area contributed by atoms with Crippen LogP contribution in [0.4, 0.5) is 0 Å². The molecule has 1 heterocycles. The molecule has 4 heteroatoms. The van der Waals surface area contributed by atoms with Crippen molar-refractivity contribution in [2.24, 2.45) is 0 Å². The normalized spacial score (nSPS) is 9.09. The van der Waals surface area contributed by atoms with E-state index in [-0.39, 0.29) is 16.9 Å². The van der Waals surface area contributed by atoms with Crippen molar-refractivity contribution in [2.75, 3.05) is 5.33 Å². The van der Waals surface area contributed by atoms with Crippen molar-refractivity contribution in [1.29, 1.82) is 5.26 Å². The highest BCUT2D eigenvalue weighted by atomic mass is 79.9. The van der Waals surface area contributed by atoms with Crippen LogP contribution in [0.3, 0.4) is 0 Å². The molecule has 0 aliphatic rings.